The maximum absolute atomic E-state index is 5.97. The Morgan fingerprint density at radius 1 is 0.939 bits per heavy atom. The summed E-state index contributed by atoms with van der Waals surface area (Å²) in [6.07, 6.45) is 0. The Morgan fingerprint density at radius 3 is 2.33 bits per heavy atom. The van der Waals surface area contributed by atoms with E-state index in [9.17, 15) is 0 Å². The molecule has 0 saturated heterocycles. The highest BCUT2D eigenvalue weighted by Gasteiger charge is 2.15. The molecule has 1 aromatic heterocycles. The number of rotatable bonds is 7. The SMILES string of the molecule is Cc1nn(Cc2cccc(Oc3ccccc3)c2)c(C)c1NC(=S)NC(C)c1ccccc1. The van der Waals surface area contributed by atoms with E-state index in [2.05, 4.69) is 42.7 Å². The van der Waals surface area contributed by atoms with Gasteiger partial charge in [-0.25, -0.2) is 0 Å². The second kappa shape index (κ2) is 10.3. The van der Waals surface area contributed by atoms with Gasteiger partial charge in [0.15, 0.2) is 5.11 Å². The topological polar surface area (TPSA) is 51.1 Å². The van der Waals surface area contributed by atoms with Gasteiger partial charge >= 0.3 is 0 Å². The van der Waals surface area contributed by atoms with Crippen molar-refractivity contribution in [1.82, 2.24) is 15.1 Å². The summed E-state index contributed by atoms with van der Waals surface area (Å²) in [5, 5.41) is 12.0. The van der Waals surface area contributed by atoms with Crippen LogP contribution in [0.4, 0.5) is 5.69 Å². The monoisotopic (exact) mass is 456 g/mol. The molecule has 4 rings (SSSR count). The van der Waals surface area contributed by atoms with Gasteiger partial charge in [0.25, 0.3) is 0 Å². The normalized spacial score (nSPS) is 11.6. The van der Waals surface area contributed by atoms with Gasteiger partial charge in [-0.2, -0.15) is 5.10 Å². The zero-order valence-electron chi connectivity index (χ0n) is 19.1. The maximum Gasteiger partial charge on any atom is 0.171 e. The summed E-state index contributed by atoms with van der Waals surface area (Å²) in [6.45, 7) is 6.78. The number of nitrogens with zero attached hydrogens (tertiary/aromatic N) is 2. The molecule has 0 aliphatic carbocycles. The molecule has 0 aliphatic heterocycles. The van der Waals surface area contributed by atoms with E-state index in [1.807, 2.05) is 78.3 Å². The van der Waals surface area contributed by atoms with Gasteiger partial charge in [0.2, 0.25) is 0 Å². The quantitative estimate of drug-likeness (QED) is 0.316. The maximum atomic E-state index is 5.97. The first-order valence-electron chi connectivity index (χ1n) is 11.0. The lowest BCUT2D eigenvalue weighted by molar-refractivity contribution is 0.481. The highest BCUT2D eigenvalue weighted by molar-refractivity contribution is 7.80. The molecule has 0 bridgehead atoms. The molecule has 6 heteroatoms. The van der Waals surface area contributed by atoms with E-state index < -0.39 is 0 Å². The minimum atomic E-state index is 0.106. The van der Waals surface area contributed by atoms with Gasteiger partial charge in [-0.15, -0.1) is 0 Å². The molecular weight excluding hydrogens is 428 g/mol. The van der Waals surface area contributed by atoms with Crippen LogP contribution in [0.15, 0.2) is 84.9 Å². The summed E-state index contributed by atoms with van der Waals surface area (Å²) in [6, 6.07) is 28.2. The highest BCUT2D eigenvalue weighted by atomic mass is 32.1. The van der Waals surface area contributed by atoms with Crippen molar-refractivity contribution in [3.63, 3.8) is 0 Å². The van der Waals surface area contributed by atoms with Crippen molar-refractivity contribution in [3.8, 4) is 11.5 Å². The number of anilines is 1. The van der Waals surface area contributed by atoms with E-state index in [0.29, 0.717) is 11.7 Å². The van der Waals surface area contributed by atoms with Crippen molar-refractivity contribution in [3.05, 3.63) is 107 Å². The van der Waals surface area contributed by atoms with Crippen LogP contribution in [-0.4, -0.2) is 14.9 Å². The third-order valence-electron chi connectivity index (χ3n) is 5.48. The van der Waals surface area contributed by atoms with Crippen molar-refractivity contribution in [2.45, 2.75) is 33.4 Å². The number of para-hydroxylation sites is 1. The van der Waals surface area contributed by atoms with E-state index in [-0.39, 0.29) is 6.04 Å². The molecule has 1 unspecified atom stereocenters. The van der Waals surface area contributed by atoms with E-state index in [1.165, 1.54) is 5.56 Å². The van der Waals surface area contributed by atoms with E-state index in [1.54, 1.807) is 0 Å². The Kier molecular flexibility index (Phi) is 7.05. The summed E-state index contributed by atoms with van der Waals surface area (Å²) in [4.78, 5) is 0. The lowest BCUT2D eigenvalue weighted by Gasteiger charge is -2.17. The Balaban J connectivity index is 1.43. The van der Waals surface area contributed by atoms with Gasteiger partial charge in [-0.3, -0.25) is 4.68 Å². The number of ether oxygens (including phenoxy) is 1. The molecule has 2 N–H and O–H groups in total. The predicted octanol–water partition coefficient (Wildman–Crippen LogP) is 6.39. The lowest BCUT2D eigenvalue weighted by atomic mass is 10.1. The lowest BCUT2D eigenvalue weighted by Crippen LogP contribution is -2.31. The van der Waals surface area contributed by atoms with Crippen LogP contribution in [0.25, 0.3) is 0 Å². The number of hydrogen-bond donors (Lipinski definition) is 2. The first-order valence-corrected chi connectivity index (χ1v) is 11.4. The highest BCUT2D eigenvalue weighted by Crippen LogP contribution is 2.24. The van der Waals surface area contributed by atoms with Crippen molar-refractivity contribution in [1.29, 1.82) is 0 Å². The fraction of sp³-hybridized carbons (Fsp3) is 0.185. The third-order valence-corrected chi connectivity index (χ3v) is 5.70. The van der Waals surface area contributed by atoms with Crippen molar-refractivity contribution >= 4 is 23.0 Å². The third kappa shape index (κ3) is 5.79. The fourth-order valence-electron chi connectivity index (χ4n) is 3.71. The van der Waals surface area contributed by atoms with Crippen molar-refractivity contribution in [2.75, 3.05) is 5.32 Å². The molecular formula is C27H28N4OS. The second-order valence-electron chi connectivity index (χ2n) is 8.00. The van der Waals surface area contributed by atoms with Gasteiger partial charge in [-0.1, -0.05) is 60.7 Å². The van der Waals surface area contributed by atoms with Crippen molar-refractivity contribution in [2.24, 2.45) is 0 Å². The Hall–Kier alpha value is -3.64. The number of benzene rings is 3. The summed E-state index contributed by atoms with van der Waals surface area (Å²) < 4.78 is 7.96. The molecule has 3 aromatic carbocycles. The van der Waals surface area contributed by atoms with Crippen LogP contribution in [-0.2, 0) is 6.54 Å². The van der Waals surface area contributed by atoms with E-state index >= 15 is 0 Å². The van der Waals surface area contributed by atoms with Crippen LogP contribution in [0.5, 0.6) is 11.5 Å². The first-order chi connectivity index (χ1) is 16.0. The number of aromatic nitrogens is 2. The van der Waals surface area contributed by atoms with Gasteiger partial charge in [0, 0.05) is 0 Å². The number of aryl methyl sites for hydroxylation is 1. The molecule has 0 amide bonds. The van der Waals surface area contributed by atoms with E-state index in [0.717, 1.165) is 34.1 Å². The zero-order chi connectivity index (χ0) is 23.2. The molecule has 0 saturated carbocycles. The molecule has 168 valence electrons. The molecule has 0 fully saturated rings. The summed E-state index contributed by atoms with van der Waals surface area (Å²) >= 11 is 5.57. The number of nitrogens with one attached hydrogen (secondary N) is 2. The van der Waals surface area contributed by atoms with Gasteiger partial charge in [0.05, 0.1) is 29.7 Å². The minimum Gasteiger partial charge on any atom is -0.457 e. The fourth-order valence-corrected chi connectivity index (χ4v) is 3.99. The van der Waals surface area contributed by atoms with Crippen LogP contribution < -0.4 is 15.4 Å². The average Bonchev–Trinajstić information content (AvgIpc) is 3.07. The molecule has 0 radical (unpaired) electrons. The zero-order valence-corrected chi connectivity index (χ0v) is 19.9. The smallest absolute Gasteiger partial charge is 0.171 e. The molecule has 1 atom stereocenters. The van der Waals surface area contributed by atoms with Crippen LogP contribution in [0.2, 0.25) is 0 Å². The summed E-state index contributed by atoms with van der Waals surface area (Å²) in [5.74, 6) is 1.62. The molecule has 0 spiro atoms. The molecule has 0 aliphatic rings. The Morgan fingerprint density at radius 2 is 1.61 bits per heavy atom. The van der Waals surface area contributed by atoms with Crippen LogP contribution in [0.3, 0.4) is 0 Å². The second-order valence-corrected chi connectivity index (χ2v) is 8.41. The molecule has 5 nitrogen and oxygen atoms in total. The average molecular weight is 457 g/mol. The molecule has 33 heavy (non-hydrogen) atoms. The Labute approximate surface area is 200 Å². The predicted molar refractivity (Wildman–Crippen MR) is 138 cm³/mol. The largest absolute Gasteiger partial charge is 0.457 e. The molecule has 1 heterocycles. The first kappa shape index (κ1) is 22.6. The van der Waals surface area contributed by atoms with Crippen molar-refractivity contribution < 1.29 is 4.74 Å². The van der Waals surface area contributed by atoms with Crippen LogP contribution >= 0.6 is 12.2 Å². The van der Waals surface area contributed by atoms with E-state index in [4.69, 9.17) is 22.1 Å². The molecule has 4 aromatic rings. The van der Waals surface area contributed by atoms with Crippen LogP contribution in [0.1, 0.15) is 35.5 Å². The number of hydrogen-bond acceptors (Lipinski definition) is 3. The van der Waals surface area contributed by atoms with Gasteiger partial charge in [0.1, 0.15) is 11.5 Å². The van der Waals surface area contributed by atoms with Gasteiger partial charge < -0.3 is 15.4 Å². The van der Waals surface area contributed by atoms with Gasteiger partial charge in [-0.05, 0) is 68.4 Å². The summed E-state index contributed by atoms with van der Waals surface area (Å²) in [5.41, 5.74) is 5.16. The standard InChI is InChI=1S/C27H28N4OS/c1-19(23-12-6-4-7-13-23)28-27(33)29-26-20(2)30-31(21(26)3)18-22-11-10-16-25(17-22)32-24-14-8-5-9-15-24/h4-17,19H,18H2,1-3H3,(H2,28,29,33). The Bertz CT molecular complexity index is 1220. The number of thiocarbonyl (C=S) groups is 1. The minimum absolute atomic E-state index is 0.106. The summed E-state index contributed by atoms with van der Waals surface area (Å²) in [7, 11) is 0. The van der Waals surface area contributed by atoms with Crippen LogP contribution in [0, 0.1) is 13.8 Å².